The molecule has 1 aromatic carbocycles. The van der Waals surface area contributed by atoms with Gasteiger partial charge in [0.15, 0.2) is 0 Å². The first-order valence-electron chi connectivity index (χ1n) is 7.07. The van der Waals surface area contributed by atoms with Gasteiger partial charge < -0.3 is 15.4 Å². The Kier molecular flexibility index (Phi) is 5.05. The second-order valence-electron chi connectivity index (χ2n) is 5.26. The van der Waals surface area contributed by atoms with Crippen molar-refractivity contribution in [1.29, 1.82) is 0 Å². The number of carbonyl (C=O) groups excluding carboxylic acids is 1. The molecule has 1 aliphatic rings. The first kappa shape index (κ1) is 16.7. The van der Waals surface area contributed by atoms with Gasteiger partial charge in [0, 0.05) is 12.3 Å². The molecule has 0 radical (unpaired) electrons. The summed E-state index contributed by atoms with van der Waals surface area (Å²) in [5.41, 5.74) is 1.03. The number of ether oxygens (including phenoxy) is 1. The number of hydrogen-bond acceptors (Lipinski definition) is 4. The van der Waals surface area contributed by atoms with Crippen molar-refractivity contribution in [2.75, 3.05) is 19.0 Å². The highest BCUT2D eigenvalue weighted by molar-refractivity contribution is 7.89. The Morgan fingerprint density at radius 2 is 2.09 bits per heavy atom. The van der Waals surface area contributed by atoms with Crippen LogP contribution in [0.5, 0.6) is 0 Å². The lowest BCUT2D eigenvalue weighted by Crippen LogP contribution is -2.41. The average Bonchev–Trinajstić information content (AvgIpc) is 2.86. The molecule has 0 spiro atoms. The monoisotopic (exact) mass is 327 g/mol. The Hall–Kier alpha value is -1.64. The molecule has 7 nitrogen and oxygen atoms in total. The summed E-state index contributed by atoms with van der Waals surface area (Å²) in [5.74, 6) is 0. The lowest BCUT2D eigenvalue weighted by molar-refractivity contribution is 0.114. The number of urea groups is 1. The van der Waals surface area contributed by atoms with E-state index >= 15 is 0 Å². The summed E-state index contributed by atoms with van der Waals surface area (Å²) >= 11 is 0. The minimum absolute atomic E-state index is 0.0241. The van der Waals surface area contributed by atoms with E-state index in [1.807, 2.05) is 6.92 Å². The van der Waals surface area contributed by atoms with Crippen molar-refractivity contribution in [2.24, 2.45) is 0 Å². The first-order chi connectivity index (χ1) is 10.3. The topological polar surface area (TPSA) is 96.5 Å². The Balaban J connectivity index is 2.10. The van der Waals surface area contributed by atoms with Crippen LogP contribution in [0.2, 0.25) is 0 Å². The summed E-state index contributed by atoms with van der Waals surface area (Å²) in [6, 6.07) is 4.35. The highest BCUT2D eigenvalue weighted by Gasteiger charge is 2.25. The summed E-state index contributed by atoms with van der Waals surface area (Å²) in [5, 5.41) is 5.48. The zero-order valence-electron chi connectivity index (χ0n) is 12.8. The molecule has 3 N–H and O–H groups in total. The van der Waals surface area contributed by atoms with E-state index in [2.05, 4.69) is 15.4 Å². The zero-order chi connectivity index (χ0) is 16.3. The van der Waals surface area contributed by atoms with Crippen molar-refractivity contribution in [3.63, 3.8) is 0 Å². The van der Waals surface area contributed by atoms with Crippen LogP contribution in [0.15, 0.2) is 23.1 Å². The molecular weight excluding hydrogens is 306 g/mol. The second kappa shape index (κ2) is 6.64. The van der Waals surface area contributed by atoms with E-state index < -0.39 is 10.0 Å². The summed E-state index contributed by atoms with van der Waals surface area (Å²) in [6.45, 7) is 4.23. The fraction of sp³-hybridized carbons (Fsp3) is 0.500. The fourth-order valence-corrected chi connectivity index (χ4v) is 3.33. The lowest BCUT2D eigenvalue weighted by atomic mass is 10.2. The van der Waals surface area contributed by atoms with E-state index in [0.29, 0.717) is 17.9 Å². The van der Waals surface area contributed by atoms with Gasteiger partial charge in [-0.15, -0.1) is 0 Å². The molecule has 2 atom stereocenters. The molecule has 2 unspecified atom stereocenters. The molecule has 1 heterocycles. The number of rotatable bonds is 4. The molecule has 2 rings (SSSR count). The molecule has 8 heteroatoms. The molecule has 1 saturated heterocycles. The summed E-state index contributed by atoms with van der Waals surface area (Å²) < 4.78 is 31.5. The smallest absolute Gasteiger partial charge is 0.319 e. The van der Waals surface area contributed by atoms with Gasteiger partial charge in [-0.05, 0) is 45.0 Å². The Morgan fingerprint density at radius 1 is 1.36 bits per heavy atom. The van der Waals surface area contributed by atoms with Crippen LogP contribution in [-0.2, 0) is 14.8 Å². The number of amides is 2. The van der Waals surface area contributed by atoms with Crippen LogP contribution in [0.4, 0.5) is 10.5 Å². The van der Waals surface area contributed by atoms with Gasteiger partial charge in [-0.3, -0.25) is 0 Å². The zero-order valence-corrected chi connectivity index (χ0v) is 13.7. The van der Waals surface area contributed by atoms with Gasteiger partial charge in [-0.1, -0.05) is 6.07 Å². The van der Waals surface area contributed by atoms with Crippen molar-refractivity contribution in [1.82, 2.24) is 10.0 Å². The lowest BCUT2D eigenvalue weighted by Gasteiger charge is -2.17. The molecule has 1 aromatic rings. The van der Waals surface area contributed by atoms with E-state index in [-0.39, 0.29) is 23.1 Å². The van der Waals surface area contributed by atoms with Gasteiger partial charge in [0.05, 0.1) is 17.0 Å². The van der Waals surface area contributed by atoms with Gasteiger partial charge >= 0.3 is 6.03 Å². The summed E-state index contributed by atoms with van der Waals surface area (Å²) in [4.78, 5) is 12.1. The van der Waals surface area contributed by atoms with Crippen molar-refractivity contribution in [3.05, 3.63) is 23.8 Å². The van der Waals surface area contributed by atoms with Gasteiger partial charge in [0.1, 0.15) is 0 Å². The highest BCUT2D eigenvalue weighted by atomic mass is 32.2. The van der Waals surface area contributed by atoms with Gasteiger partial charge in [0.25, 0.3) is 0 Å². The predicted octanol–water partition coefficient (Wildman–Crippen LogP) is 1.20. The number of hydrogen-bond donors (Lipinski definition) is 3. The Bertz CT molecular complexity index is 660. The fourth-order valence-electron chi connectivity index (χ4n) is 2.33. The van der Waals surface area contributed by atoms with Crippen LogP contribution in [0.25, 0.3) is 0 Å². The van der Waals surface area contributed by atoms with Crippen LogP contribution in [0, 0.1) is 6.92 Å². The maximum atomic E-state index is 12.0. The number of sulfonamides is 1. The Labute approximate surface area is 130 Å². The third kappa shape index (κ3) is 3.76. The number of benzene rings is 1. The number of carbonyl (C=O) groups is 1. The van der Waals surface area contributed by atoms with Gasteiger partial charge in [0.2, 0.25) is 10.0 Å². The first-order valence-corrected chi connectivity index (χ1v) is 8.55. The summed E-state index contributed by atoms with van der Waals surface area (Å²) in [6.07, 6.45) is 0.742. The van der Waals surface area contributed by atoms with E-state index in [1.54, 1.807) is 19.1 Å². The van der Waals surface area contributed by atoms with E-state index in [4.69, 9.17) is 4.74 Å². The molecule has 0 bridgehead atoms. The number of anilines is 1. The van der Waals surface area contributed by atoms with Crippen molar-refractivity contribution < 1.29 is 17.9 Å². The maximum Gasteiger partial charge on any atom is 0.319 e. The molecule has 0 saturated carbocycles. The standard InChI is InChI=1S/C14H21N3O4S/c1-9-4-5-11(8-13(9)22(19,20)15-3)16-14(18)17-12-6-7-21-10(12)2/h4-5,8,10,12,15H,6-7H2,1-3H3,(H2,16,17,18). The highest BCUT2D eigenvalue weighted by Crippen LogP contribution is 2.20. The minimum Gasteiger partial charge on any atom is -0.376 e. The van der Waals surface area contributed by atoms with Crippen LogP contribution < -0.4 is 15.4 Å². The molecule has 0 aliphatic carbocycles. The predicted molar refractivity (Wildman–Crippen MR) is 83.4 cm³/mol. The molecule has 0 aromatic heterocycles. The van der Waals surface area contributed by atoms with Crippen molar-refractivity contribution in [2.45, 2.75) is 37.3 Å². The summed E-state index contributed by atoms with van der Waals surface area (Å²) in [7, 11) is -2.21. The number of aryl methyl sites for hydroxylation is 1. The molecule has 1 fully saturated rings. The minimum atomic E-state index is -3.56. The molecule has 2 amide bonds. The Morgan fingerprint density at radius 3 is 2.68 bits per heavy atom. The second-order valence-corrected chi connectivity index (χ2v) is 7.11. The van der Waals surface area contributed by atoms with Crippen LogP contribution in [-0.4, -0.2) is 40.2 Å². The van der Waals surface area contributed by atoms with Crippen LogP contribution >= 0.6 is 0 Å². The largest absolute Gasteiger partial charge is 0.376 e. The van der Waals surface area contributed by atoms with Crippen molar-refractivity contribution >= 4 is 21.7 Å². The average molecular weight is 327 g/mol. The van der Waals surface area contributed by atoms with Gasteiger partial charge in [-0.2, -0.15) is 0 Å². The molecule has 1 aliphatic heterocycles. The van der Waals surface area contributed by atoms with Gasteiger partial charge in [-0.25, -0.2) is 17.9 Å². The van der Waals surface area contributed by atoms with Crippen LogP contribution in [0.3, 0.4) is 0 Å². The third-order valence-corrected chi connectivity index (χ3v) is 5.25. The normalized spacial score (nSPS) is 21.6. The van der Waals surface area contributed by atoms with E-state index in [9.17, 15) is 13.2 Å². The maximum absolute atomic E-state index is 12.0. The molecule has 122 valence electrons. The van der Waals surface area contributed by atoms with Crippen LogP contribution in [0.1, 0.15) is 18.9 Å². The van der Waals surface area contributed by atoms with Crippen molar-refractivity contribution in [3.8, 4) is 0 Å². The SMILES string of the molecule is CNS(=O)(=O)c1cc(NC(=O)NC2CCOC2C)ccc1C. The molecule has 22 heavy (non-hydrogen) atoms. The quantitative estimate of drug-likeness (QED) is 0.774. The number of nitrogens with one attached hydrogen (secondary N) is 3. The third-order valence-electron chi connectivity index (χ3n) is 3.70. The van der Waals surface area contributed by atoms with E-state index in [1.165, 1.54) is 13.1 Å². The van der Waals surface area contributed by atoms with E-state index in [0.717, 1.165) is 6.42 Å². The molecular formula is C14H21N3O4S.